The van der Waals surface area contributed by atoms with E-state index in [4.69, 9.17) is 0 Å². The summed E-state index contributed by atoms with van der Waals surface area (Å²) >= 11 is 0. The third-order valence-corrected chi connectivity index (χ3v) is 2.41. The summed E-state index contributed by atoms with van der Waals surface area (Å²) in [4.78, 5) is 0. The maximum absolute atomic E-state index is 3.35. The van der Waals surface area contributed by atoms with E-state index in [1.165, 1.54) is 58.3 Å². The Morgan fingerprint density at radius 1 is 0.462 bits per heavy atom. The molecule has 0 atom stereocenters. The minimum absolute atomic E-state index is 1.00. The zero-order valence-corrected chi connectivity index (χ0v) is 8.57. The zero-order chi connectivity index (χ0) is 9.19. The van der Waals surface area contributed by atoms with Crippen LogP contribution in [0.4, 0.5) is 0 Å². The van der Waals surface area contributed by atoms with Crippen LogP contribution in [-0.4, -0.2) is 32.8 Å². The van der Waals surface area contributed by atoms with Crippen LogP contribution in [0.1, 0.15) is 32.1 Å². The van der Waals surface area contributed by atoms with Crippen LogP contribution >= 0.6 is 0 Å². The standard InChI is InChI=1S/C6H13N.C4H10N2/c1-2-4-6-7-5-3-1;1-2-5-4-6-3-1/h7H,1-6H2;5-6H,1-4H2. The highest BCUT2D eigenvalue weighted by Crippen LogP contribution is 2.00. The first-order valence-electron chi connectivity index (χ1n) is 5.62. The van der Waals surface area contributed by atoms with Crippen molar-refractivity contribution in [3.63, 3.8) is 0 Å². The lowest BCUT2D eigenvalue weighted by molar-refractivity contribution is 0.496. The second-order valence-electron chi connectivity index (χ2n) is 3.69. The molecule has 0 bridgehead atoms. The van der Waals surface area contributed by atoms with E-state index in [0.717, 1.165) is 6.67 Å². The average Bonchev–Trinajstić information content (AvgIpc) is 2.53. The first-order chi connectivity index (χ1) is 6.50. The molecule has 0 amide bonds. The van der Waals surface area contributed by atoms with Crippen LogP contribution in [0.15, 0.2) is 0 Å². The Balaban J connectivity index is 0.000000132. The van der Waals surface area contributed by atoms with E-state index in [1.807, 2.05) is 0 Å². The Kier molecular flexibility index (Phi) is 7.15. The number of hydrogen-bond donors (Lipinski definition) is 3. The van der Waals surface area contributed by atoms with Gasteiger partial charge in [-0.25, -0.2) is 0 Å². The Hall–Kier alpha value is -0.120. The van der Waals surface area contributed by atoms with Crippen LogP contribution in [0.2, 0.25) is 0 Å². The molecule has 0 aromatic carbocycles. The van der Waals surface area contributed by atoms with Crippen LogP contribution in [0.25, 0.3) is 0 Å². The van der Waals surface area contributed by atoms with Crippen molar-refractivity contribution in [2.24, 2.45) is 0 Å². The van der Waals surface area contributed by atoms with Gasteiger partial charge in [-0.2, -0.15) is 0 Å². The molecule has 0 aromatic rings. The predicted octanol–water partition coefficient (Wildman–Crippen LogP) is 0.677. The van der Waals surface area contributed by atoms with Gasteiger partial charge in [-0.1, -0.05) is 12.8 Å². The molecule has 3 nitrogen and oxygen atoms in total. The van der Waals surface area contributed by atoms with Gasteiger partial charge in [0.05, 0.1) is 0 Å². The highest BCUT2D eigenvalue weighted by Gasteiger charge is 1.94. The molecule has 0 saturated carbocycles. The monoisotopic (exact) mass is 185 g/mol. The lowest BCUT2D eigenvalue weighted by Gasteiger charge is -2.11. The maximum atomic E-state index is 3.35. The SMILES string of the molecule is C1CCCNCC1.C1CNCNC1. The third-order valence-electron chi connectivity index (χ3n) is 2.41. The van der Waals surface area contributed by atoms with Crippen molar-refractivity contribution in [3.8, 4) is 0 Å². The molecule has 2 saturated heterocycles. The quantitative estimate of drug-likeness (QED) is 0.519. The lowest BCUT2D eigenvalue weighted by Crippen LogP contribution is -2.37. The minimum atomic E-state index is 1.00. The molecular formula is C10H23N3. The van der Waals surface area contributed by atoms with E-state index in [0.29, 0.717) is 0 Å². The van der Waals surface area contributed by atoms with Gasteiger partial charge in [0, 0.05) is 6.67 Å². The molecule has 2 heterocycles. The van der Waals surface area contributed by atoms with E-state index in [9.17, 15) is 0 Å². The Morgan fingerprint density at radius 3 is 1.38 bits per heavy atom. The Bertz CT molecular complexity index is 71.2. The van der Waals surface area contributed by atoms with Gasteiger partial charge in [0.1, 0.15) is 0 Å². The van der Waals surface area contributed by atoms with Gasteiger partial charge in [0.15, 0.2) is 0 Å². The summed E-state index contributed by atoms with van der Waals surface area (Å²) in [5.41, 5.74) is 0. The zero-order valence-electron chi connectivity index (χ0n) is 8.57. The van der Waals surface area contributed by atoms with Gasteiger partial charge in [-0.05, 0) is 45.4 Å². The molecule has 13 heavy (non-hydrogen) atoms. The number of nitrogens with one attached hydrogen (secondary N) is 3. The van der Waals surface area contributed by atoms with Gasteiger partial charge in [-0.3, -0.25) is 0 Å². The summed E-state index contributed by atoms with van der Waals surface area (Å²) in [5, 5.41) is 9.69. The summed E-state index contributed by atoms with van der Waals surface area (Å²) in [5.74, 6) is 0. The number of rotatable bonds is 0. The van der Waals surface area contributed by atoms with Gasteiger partial charge in [-0.15, -0.1) is 0 Å². The first-order valence-corrected chi connectivity index (χ1v) is 5.62. The highest BCUT2D eigenvalue weighted by atomic mass is 15.1. The fraction of sp³-hybridized carbons (Fsp3) is 1.00. The van der Waals surface area contributed by atoms with E-state index in [2.05, 4.69) is 16.0 Å². The van der Waals surface area contributed by atoms with E-state index >= 15 is 0 Å². The fourth-order valence-electron chi connectivity index (χ4n) is 1.58. The molecule has 2 aliphatic heterocycles. The van der Waals surface area contributed by atoms with Crippen molar-refractivity contribution in [1.29, 1.82) is 0 Å². The highest BCUT2D eigenvalue weighted by molar-refractivity contribution is 4.55. The molecule has 2 rings (SSSR count). The van der Waals surface area contributed by atoms with E-state index < -0.39 is 0 Å². The summed E-state index contributed by atoms with van der Waals surface area (Å²) < 4.78 is 0. The molecule has 0 aromatic heterocycles. The summed E-state index contributed by atoms with van der Waals surface area (Å²) in [7, 11) is 0. The Labute approximate surface area is 81.7 Å². The van der Waals surface area contributed by atoms with Gasteiger partial charge < -0.3 is 16.0 Å². The summed E-state index contributed by atoms with van der Waals surface area (Å²) in [6, 6.07) is 0. The molecule has 3 N–H and O–H groups in total. The molecule has 0 unspecified atom stereocenters. The summed E-state index contributed by atoms with van der Waals surface area (Å²) in [6.45, 7) is 5.88. The van der Waals surface area contributed by atoms with Gasteiger partial charge in [0.25, 0.3) is 0 Å². The predicted molar refractivity (Wildman–Crippen MR) is 56.8 cm³/mol. The van der Waals surface area contributed by atoms with Crippen LogP contribution in [0.5, 0.6) is 0 Å². The lowest BCUT2D eigenvalue weighted by atomic mass is 10.2. The molecule has 3 heteroatoms. The van der Waals surface area contributed by atoms with Crippen LogP contribution < -0.4 is 16.0 Å². The largest absolute Gasteiger partial charge is 0.317 e. The Morgan fingerprint density at radius 2 is 1.00 bits per heavy atom. The van der Waals surface area contributed by atoms with Crippen LogP contribution in [0.3, 0.4) is 0 Å². The molecule has 0 spiro atoms. The number of hydrogen-bond acceptors (Lipinski definition) is 3. The topological polar surface area (TPSA) is 36.1 Å². The third kappa shape index (κ3) is 6.99. The van der Waals surface area contributed by atoms with Crippen molar-refractivity contribution in [3.05, 3.63) is 0 Å². The van der Waals surface area contributed by atoms with Crippen molar-refractivity contribution < 1.29 is 0 Å². The summed E-state index contributed by atoms with van der Waals surface area (Å²) in [6.07, 6.45) is 6.93. The maximum Gasteiger partial charge on any atom is 0.0454 e. The molecule has 0 aliphatic carbocycles. The van der Waals surface area contributed by atoms with Crippen LogP contribution in [0, 0.1) is 0 Å². The van der Waals surface area contributed by atoms with Crippen molar-refractivity contribution in [1.82, 2.24) is 16.0 Å². The first kappa shape index (κ1) is 11.0. The van der Waals surface area contributed by atoms with Crippen LogP contribution in [-0.2, 0) is 0 Å². The second kappa shape index (κ2) is 8.48. The molecule has 2 fully saturated rings. The molecular weight excluding hydrogens is 162 g/mol. The van der Waals surface area contributed by atoms with Crippen molar-refractivity contribution in [2.45, 2.75) is 32.1 Å². The van der Waals surface area contributed by atoms with E-state index in [1.54, 1.807) is 0 Å². The smallest absolute Gasteiger partial charge is 0.0454 e. The van der Waals surface area contributed by atoms with E-state index in [-0.39, 0.29) is 0 Å². The minimum Gasteiger partial charge on any atom is -0.317 e. The van der Waals surface area contributed by atoms with Gasteiger partial charge >= 0.3 is 0 Å². The van der Waals surface area contributed by atoms with Crippen molar-refractivity contribution in [2.75, 3.05) is 32.8 Å². The normalized spacial score (nSPS) is 24.0. The van der Waals surface area contributed by atoms with Crippen molar-refractivity contribution >= 4 is 0 Å². The van der Waals surface area contributed by atoms with Gasteiger partial charge in [0.2, 0.25) is 0 Å². The fourth-order valence-corrected chi connectivity index (χ4v) is 1.58. The second-order valence-corrected chi connectivity index (χ2v) is 3.69. The molecule has 2 aliphatic rings. The molecule has 78 valence electrons. The average molecular weight is 185 g/mol. The molecule has 0 radical (unpaired) electrons.